The van der Waals surface area contributed by atoms with Gasteiger partial charge in [0.1, 0.15) is 0 Å². The Morgan fingerprint density at radius 3 is 2.29 bits per heavy atom. The lowest BCUT2D eigenvalue weighted by molar-refractivity contribution is 0.0918. The number of nitrogens with zero attached hydrogens (tertiary/aromatic N) is 2. The fourth-order valence-electron chi connectivity index (χ4n) is 1.65. The van der Waals surface area contributed by atoms with Gasteiger partial charge in [0.25, 0.3) is 0 Å². The molecule has 1 N–H and O–H groups in total. The van der Waals surface area contributed by atoms with Gasteiger partial charge < -0.3 is 19.9 Å². The summed E-state index contributed by atoms with van der Waals surface area (Å²) in [5, 5.41) is 3.97. The van der Waals surface area contributed by atoms with Gasteiger partial charge in [-0.3, -0.25) is 0 Å². The first-order valence-corrected chi connectivity index (χ1v) is 6.42. The van der Waals surface area contributed by atoms with E-state index in [4.69, 9.17) is 17.0 Å². The summed E-state index contributed by atoms with van der Waals surface area (Å²) in [6, 6.07) is 0.339. The van der Waals surface area contributed by atoms with Gasteiger partial charge in [0.2, 0.25) is 0 Å². The summed E-state index contributed by atoms with van der Waals surface area (Å²) in [5.41, 5.74) is 0. The van der Waals surface area contributed by atoms with Gasteiger partial charge in [-0.25, -0.2) is 4.79 Å². The number of thiocarbonyl (C=S) groups is 1. The Balaban J connectivity index is 2.35. The van der Waals surface area contributed by atoms with Crippen molar-refractivity contribution in [2.24, 2.45) is 0 Å². The SMILES string of the molecule is CCOC(=O)N1CCN(C(=S)NC(C)C)CC1. The fourth-order valence-corrected chi connectivity index (χ4v) is 2.06. The second kappa shape index (κ2) is 6.64. The van der Waals surface area contributed by atoms with Crippen LogP contribution in [0, 0.1) is 0 Å². The van der Waals surface area contributed by atoms with Gasteiger partial charge in [0.05, 0.1) is 6.61 Å². The van der Waals surface area contributed by atoms with E-state index in [0.717, 1.165) is 18.2 Å². The van der Waals surface area contributed by atoms with Crippen molar-refractivity contribution in [3.8, 4) is 0 Å². The second-order valence-corrected chi connectivity index (χ2v) is 4.66. The number of amides is 1. The van der Waals surface area contributed by atoms with Crippen LogP contribution in [0.5, 0.6) is 0 Å². The summed E-state index contributed by atoms with van der Waals surface area (Å²) < 4.78 is 4.96. The van der Waals surface area contributed by atoms with E-state index in [0.29, 0.717) is 25.7 Å². The topological polar surface area (TPSA) is 44.8 Å². The molecule has 1 fully saturated rings. The van der Waals surface area contributed by atoms with Gasteiger partial charge in [0.15, 0.2) is 5.11 Å². The van der Waals surface area contributed by atoms with Gasteiger partial charge in [-0.05, 0) is 33.0 Å². The zero-order valence-corrected chi connectivity index (χ0v) is 11.5. The van der Waals surface area contributed by atoms with Crippen LogP contribution in [-0.2, 0) is 4.74 Å². The Hall–Kier alpha value is -1.04. The van der Waals surface area contributed by atoms with Gasteiger partial charge >= 0.3 is 6.09 Å². The highest BCUT2D eigenvalue weighted by atomic mass is 32.1. The largest absolute Gasteiger partial charge is 0.450 e. The van der Waals surface area contributed by atoms with Crippen LogP contribution in [0.15, 0.2) is 0 Å². The molecule has 0 unspecified atom stereocenters. The Morgan fingerprint density at radius 2 is 1.82 bits per heavy atom. The number of carbonyl (C=O) groups excluding carboxylic acids is 1. The second-order valence-electron chi connectivity index (χ2n) is 4.28. The molecule has 1 aliphatic heterocycles. The fraction of sp³-hybridized carbons (Fsp3) is 0.818. The zero-order chi connectivity index (χ0) is 12.8. The number of ether oxygens (including phenoxy) is 1. The lowest BCUT2D eigenvalue weighted by Gasteiger charge is -2.36. The highest BCUT2D eigenvalue weighted by Crippen LogP contribution is 2.04. The zero-order valence-electron chi connectivity index (χ0n) is 10.7. The molecule has 0 spiro atoms. The average molecular weight is 259 g/mol. The summed E-state index contributed by atoms with van der Waals surface area (Å²) >= 11 is 5.29. The van der Waals surface area contributed by atoms with Crippen molar-refractivity contribution in [3.05, 3.63) is 0 Å². The maximum absolute atomic E-state index is 11.5. The third-order valence-corrected chi connectivity index (χ3v) is 2.88. The molecule has 98 valence electrons. The molecule has 1 rings (SSSR count). The standard InChI is InChI=1S/C11H21N3O2S/c1-4-16-11(15)14-7-5-13(6-8-14)10(17)12-9(2)3/h9H,4-8H2,1-3H3,(H,12,17). The molecule has 0 aromatic heterocycles. The van der Waals surface area contributed by atoms with E-state index in [1.165, 1.54) is 0 Å². The number of carbonyl (C=O) groups is 1. The van der Waals surface area contributed by atoms with Crippen molar-refractivity contribution in [1.29, 1.82) is 0 Å². The maximum Gasteiger partial charge on any atom is 0.409 e. The molecule has 1 saturated heterocycles. The number of nitrogens with one attached hydrogen (secondary N) is 1. The molecule has 0 atom stereocenters. The Bertz CT molecular complexity index is 276. The van der Waals surface area contributed by atoms with E-state index in [1.807, 2.05) is 6.92 Å². The summed E-state index contributed by atoms with van der Waals surface area (Å²) in [4.78, 5) is 15.3. The third kappa shape index (κ3) is 4.38. The monoisotopic (exact) mass is 259 g/mol. The van der Waals surface area contributed by atoms with Gasteiger partial charge in [-0.15, -0.1) is 0 Å². The molecule has 6 heteroatoms. The van der Waals surface area contributed by atoms with Gasteiger partial charge in [-0.1, -0.05) is 0 Å². The van der Waals surface area contributed by atoms with Crippen LogP contribution in [-0.4, -0.2) is 59.8 Å². The van der Waals surface area contributed by atoms with Crippen LogP contribution in [0.4, 0.5) is 4.79 Å². The highest BCUT2D eigenvalue weighted by Gasteiger charge is 2.23. The molecular weight excluding hydrogens is 238 g/mol. The summed E-state index contributed by atoms with van der Waals surface area (Å²) in [6.07, 6.45) is -0.227. The van der Waals surface area contributed by atoms with E-state index >= 15 is 0 Å². The Labute approximate surface area is 108 Å². The predicted molar refractivity (Wildman–Crippen MR) is 71.0 cm³/mol. The molecule has 0 aliphatic carbocycles. The van der Waals surface area contributed by atoms with Crippen molar-refractivity contribution < 1.29 is 9.53 Å². The van der Waals surface area contributed by atoms with Crippen molar-refractivity contribution in [2.75, 3.05) is 32.8 Å². The molecule has 1 amide bonds. The van der Waals surface area contributed by atoms with E-state index in [-0.39, 0.29) is 6.09 Å². The van der Waals surface area contributed by atoms with E-state index in [2.05, 4.69) is 24.1 Å². The molecule has 0 aromatic rings. The van der Waals surface area contributed by atoms with E-state index in [1.54, 1.807) is 4.90 Å². The highest BCUT2D eigenvalue weighted by molar-refractivity contribution is 7.80. The van der Waals surface area contributed by atoms with Crippen LogP contribution in [0.1, 0.15) is 20.8 Å². The smallest absolute Gasteiger partial charge is 0.409 e. The van der Waals surface area contributed by atoms with Crippen LogP contribution in [0.2, 0.25) is 0 Å². The number of piperazine rings is 1. The lowest BCUT2D eigenvalue weighted by atomic mass is 10.3. The Kier molecular flexibility index (Phi) is 5.47. The first-order chi connectivity index (χ1) is 8.04. The molecule has 0 saturated carbocycles. The molecular formula is C11H21N3O2S. The molecule has 1 aliphatic rings. The minimum Gasteiger partial charge on any atom is -0.450 e. The van der Waals surface area contributed by atoms with Crippen LogP contribution < -0.4 is 5.32 Å². The first kappa shape index (κ1) is 14.0. The summed E-state index contributed by atoms with van der Waals surface area (Å²) in [7, 11) is 0. The van der Waals surface area contributed by atoms with Gasteiger partial charge in [-0.2, -0.15) is 0 Å². The summed E-state index contributed by atoms with van der Waals surface area (Å²) in [6.45, 7) is 9.21. The number of rotatable bonds is 2. The van der Waals surface area contributed by atoms with Crippen LogP contribution in [0.25, 0.3) is 0 Å². The average Bonchev–Trinajstić information content (AvgIpc) is 2.28. The van der Waals surface area contributed by atoms with Crippen LogP contribution >= 0.6 is 12.2 Å². The van der Waals surface area contributed by atoms with Gasteiger partial charge in [0, 0.05) is 32.2 Å². The maximum atomic E-state index is 11.5. The number of hydrogen-bond acceptors (Lipinski definition) is 3. The minimum atomic E-state index is -0.227. The molecule has 1 heterocycles. The molecule has 5 nitrogen and oxygen atoms in total. The predicted octanol–water partition coefficient (Wildman–Crippen LogP) is 1.04. The van der Waals surface area contributed by atoms with Crippen molar-refractivity contribution in [2.45, 2.75) is 26.8 Å². The van der Waals surface area contributed by atoms with Crippen molar-refractivity contribution in [1.82, 2.24) is 15.1 Å². The minimum absolute atomic E-state index is 0.227. The molecule has 0 aromatic carbocycles. The number of hydrogen-bond donors (Lipinski definition) is 1. The van der Waals surface area contributed by atoms with Crippen LogP contribution in [0.3, 0.4) is 0 Å². The quantitative estimate of drug-likeness (QED) is 0.751. The van der Waals surface area contributed by atoms with Crippen molar-refractivity contribution in [3.63, 3.8) is 0 Å². The first-order valence-electron chi connectivity index (χ1n) is 6.01. The third-order valence-electron chi connectivity index (χ3n) is 2.51. The van der Waals surface area contributed by atoms with Crippen molar-refractivity contribution >= 4 is 23.4 Å². The van der Waals surface area contributed by atoms with E-state index < -0.39 is 0 Å². The molecule has 17 heavy (non-hydrogen) atoms. The Morgan fingerprint density at radius 1 is 1.29 bits per heavy atom. The normalized spacial score (nSPS) is 16.0. The molecule has 0 radical (unpaired) electrons. The summed E-state index contributed by atoms with van der Waals surface area (Å²) in [5.74, 6) is 0. The molecule has 0 bridgehead atoms. The lowest BCUT2D eigenvalue weighted by Crippen LogP contribution is -2.54. The van der Waals surface area contributed by atoms with E-state index in [9.17, 15) is 4.79 Å².